The molecule has 0 amide bonds. The van der Waals surface area contributed by atoms with E-state index < -0.39 is 10.0 Å². The van der Waals surface area contributed by atoms with Crippen molar-refractivity contribution < 1.29 is 17.6 Å². The van der Waals surface area contributed by atoms with Gasteiger partial charge in [-0.3, -0.25) is 4.72 Å². The van der Waals surface area contributed by atoms with Crippen LogP contribution < -0.4 is 9.46 Å². The van der Waals surface area contributed by atoms with Crippen molar-refractivity contribution in [1.82, 2.24) is 10.2 Å². The van der Waals surface area contributed by atoms with Gasteiger partial charge in [0.05, 0.1) is 18.4 Å². The number of rotatable bonds is 6. The minimum atomic E-state index is -3.70. The lowest BCUT2D eigenvalue weighted by Crippen LogP contribution is -2.11. The third-order valence-corrected chi connectivity index (χ3v) is 6.60. The van der Waals surface area contributed by atoms with E-state index in [0.29, 0.717) is 34.7 Å². The Bertz CT molecular complexity index is 1010. The SMILES string of the molecule is COc1cccc(NS(=O)(=O)c2cc(-c3nnc(C4CC4)o3)cs2)c1. The number of hydrogen-bond acceptors (Lipinski definition) is 7. The molecule has 1 saturated carbocycles. The van der Waals surface area contributed by atoms with E-state index in [1.807, 2.05) is 0 Å². The third kappa shape index (κ3) is 3.38. The van der Waals surface area contributed by atoms with Gasteiger partial charge in [-0.1, -0.05) is 6.07 Å². The zero-order valence-corrected chi connectivity index (χ0v) is 14.9. The van der Waals surface area contributed by atoms with Crippen LogP contribution >= 0.6 is 11.3 Å². The number of thiophene rings is 1. The van der Waals surface area contributed by atoms with E-state index in [1.54, 1.807) is 29.6 Å². The molecular weight excluding hydrogens is 362 g/mol. The Balaban J connectivity index is 1.56. The van der Waals surface area contributed by atoms with E-state index in [-0.39, 0.29) is 4.21 Å². The molecule has 0 spiro atoms. The smallest absolute Gasteiger partial charge is 0.271 e. The van der Waals surface area contributed by atoms with E-state index in [4.69, 9.17) is 9.15 Å². The Labute approximate surface area is 148 Å². The van der Waals surface area contributed by atoms with Crippen molar-refractivity contribution in [3.8, 4) is 17.2 Å². The van der Waals surface area contributed by atoms with Gasteiger partial charge in [0.2, 0.25) is 11.8 Å². The predicted molar refractivity (Wildman–Crippen MR) is 93.4 cm³/mol. The first kappa shape index (κ1) is 16.1. The number of hydrogen-bond donors (Lipinski definition) is 1. The number of benzene rings is 1. The minimum absolute atomic E-state index is 0.177. The lowest BCUT2D eigenvalue weighted by Gasteiger charge is -2.07. The largest absolute Gasteiger partial charge is 0.497 e. The lowest BCUT2D eigenvalue weighted by atomic mass is 10.3. The highest BCUT2D eigenvalue weighted by molar-refractivity contribution is 7.94. The van der Waals surface area contributed by atoms with Gasteiger partial charge in [0.1, 0.15) is 9.96 Å². The molecule has 0 radical (unpaired) electrons. The van der Waals surface area contributed by atoms with Crippen LogP contribution in [-0.2, 0) is 10.0 Å². The van der Waals surface area contributed by atoms with Crippen molar-refractivity contribution in [3.63, 3.8) is 0 Å². The number of nitrogens with one attached hydrogen (secondary N) is 1. The normalized spacial score (nSPS) is 14.4. The molecule has 1 fully saturated rings. The quantitative estimate of drug-likeness (QED) is 0.707. The first-order chi connectivity index (χ1) is 12.0. The molecule has 0 saturated heterocycles. The Morgan fingerprint density at radius 1 is 1.28 bits per heavy atom. The van der Waals surface area contributed by atoms with Crippen LogP contribution in [0.4, 0.5) is 5.69 Å². The number of methoxy groups -OCH3 is 1. The molecule has 25 heavy (non-hydrogen) atoms. The molecule has 7 nitrogen and oxygen atoms in total. The first-order valence-electron chi connectivity index (χ1n) is 7.64. The lowest BCUT2D eigenvalue weighted by molar-refractivity contribution is 0.415. The molecule has 2 heterocycles. The minimum Gasteiger partial charge on any atom is -0.497 e. The van der Waals surface area contributed by atoms with E-state index >= 15 is 0 Å². The molecule has 4 rings (SSSR count). The molecule has 0 unspecified atom stereocenters. The summed E-state index contributed by atoms with van der Waals surface area (Å²) in [6.07, 6.45) is 2.13. The molecule has 130 valence electrons. The maximum atomic E-state index is 12.6. The highest BCUT2D eigenvalue weighted by Crippen LogP contribution is 2.40. The van der Waals surface area contributed by atoms with Crippen molar-refractivity contribution in [2.24, 2.45) is 0 Å². The number of nitrogens with zero attached hydrogens (tertiary/aromatic N) is 2. The Kier molecular flexibility index (Phi) is 3.97. The second kappa shape index (κ2) is 6.16. The van der Waals surface area contributed by atoms with Gasteiger partial charge in [-0.15, -0.1) is 21.5 Å². The third-order valence-electron chi connectivity index (χ3n) is 3.78. The van der Waals surface area contributed by atoms with Crippen LogP contribution in [0, 0.1) is 0 Å². The summed E-state index contributed by atoms with van der Waals surface area (Å²) in [5.41, 5.74) is 1.04. The van der Waals surface area contributed by atoms with Crippen molar-refractivity contribution in [3.05, 3.63) is 41.6 Å². The summed E-state index contributed by atoms with van der Waals surface area (Å²) in [4.78, 5) is 0. The fourth-order valence-electron chi connectivity index (χ4n) is 2.31. The van der Waals surface area contributed by atoms with Crippen molar-refractivity contribution in [2.75, 3.05) is 11.8 Å². The second-order valence-corrected chi connectivity index (χ2v) is 8.53. The summed E-state index contributed by atoms with van der Waals surface area (Å²) in [5.74, 6) is 1.91. The van der Waals surface area contributed by atoms with Crippen molar-refractivity contribution >= 4 is 27.0 Å². The van der Waals surface area contributed by atoms with Gasteiger partial charge in [-0.05, 0) is 31.0 Å². The van der Waals surface area contributed by atoms with Gasteiger partial charge in [0.15, 0.2) is 0 Å². The van der Waals surface area contributed by atoms with Crippen LogP contribution in [0.1, 0.15) is 24.7 Å². The van der Waals surface area contributed by atoms with Crippen molar-refractivity contribution in [2.45, 2.75) is 23.0 Å². The Hall–Kier alpha value is -2.39. The Morgan fingerprint density at radius 3 is 2.88 bits per heavy atom. The molecule has 1 aromatic carbocycles. The molecule has 0 atom stereocenters. The maximum absolute atomic E-state index is 12.6. The molecule has 0 aliphatic heterocycles. The van der Waals surface area contributed by atoms with Gasteiger partial charge in [0, 0.05) is 17.4 Å². The molecule has 1 aliphatic carbocycles. The zero-order valence-electron chi connectivity index (χ0n) is 13.3. The average molecular weight is 377 g/mol. The van der Waals surface area contributed by atoms with Crippen LogP contribution in [0.3, 0.4) is 0 Å². The van der Waals surface area contributed by atoms with E-state index in [9.17, 15) is 8.42 Å². The fraction of sp³-hybridized carbons (Fsp3) is 0.250. The predicted octanol–water partition coefficient (Wildman–Crippen LogP) is 3.48. The summed E-state index contributed by atoms with van der Waals surface area (Å²) in [6.45, 7) is 0. The molecule has 1 aliphatic rings. The van der Waals surface area contributed by atoms with E-state index in [1.165, 1.54) is 13.2 Å². The van der Waals surface area contributed by atoms with Gasteiger partial charge >= 0.3 is 0 Å². The Morgan fingerprint density at radius 2 is 2.12 bits per heavy atom. The standard InChI is InChI=1S/C16H15N3O4S2/c1-22-13-4-2-3-12(8-13)19-25(20,21)14-7-11(9-24-14)16-18-17-15(23-16)10-5-6-10/h2-4,7-10,19H,5-6H2,1H3. The van der Waals surface area contributed by atoms with Crippen LogP contribution in [0.25, 0.3) is 11.5 Å². The molecular formula is C16H15N3O4S2. The van der Waals surface area contributed by atoms with Crippen LogP contribution in [0.2, 0.25) is 0 Å². The number of ether oxygens (including phenoxy) is 1. The number of sulfonamides is 1. The monoisotopic (exact) mass is 377 g/mol. The molecule has 1 N–H and O–H groups in total. The number of anilines is 1. The van der Waals surface area contributed by atoms with Crippen LogP contribution in [0.15, 0.2) is 44.3 Å². The zero-order chi connectivity index (χ0) is 17.4. The summed E-state index contributed by atoms with van der Waals surface area (Å²) >= 11 is 1.10. The van der Waals surface area contributed by atoms with Gasteiger partial charge < -0.3 is 9.15 Å². The first-order valence-corrected chi connectivity index (χ1v) is 10.0. The van der Waals surface area contributed by atoms with Gasteiger partial charge in [0.25, 0.3) is 10.0 Å². The topological polar surface area (TPSA) is 94.3 Å². The molecule has 9 heteroatoms. The van der Waals surface area contributed by atoms with Crippen LogP contribution in [0.5, 0.6) is 5.75 Å². The van der Waals surface area contributed by atoms with Crippen LogP contribution in [-0.4, -0.2) is 25.7 Å². The van der Waals surface area contributed by atoms with E-state index in [0.717, 1.165) is 24.2 Å². The van der Waals surface area contributed by atoms with Gasteiger partial charge in [-0.2, -0.15) is 0 Å². The highest BCUT2D eigenvalue weighted by atomic mass is 32.2. The van der Waals surface area contributed by atoms with Crippen molar-refractivity contribution in [1.29, 1.82) is 0 Å². The molecule has 2 aromatic heterocycles. The molecule has 0 bridgehead atoms. The maximum Gasteiger partial charge on any atom is 0.271 e. The molecule has 3 aromatic rings. The van der Waals surface area contributed by atoms with Gasteiger partial charge in [-0.25, -0.2) is 8.42 Å². The average Bonchev–Trinajstić information content (AvgIpc) is 3.12. The summed E-state index contributed by atoms with van der Waals surface area (Å²) in [6, 6.07) is 8.28. The fourth-order valence-corrected chi connectivity index (χ4v) is 4.51. The summed E-state index contributed by atoms with van der Waals surface area (Å²) in [7, 11) is -2.17. The summed E-state index contributed by atoms with van der Waals surface area (Å²) in [5, 5.41) is 9.73. The summed E-state index contributed by atoms with van der Waals surface area (Å²) < 4.78 is 38.6. The highest BCUT2D eigenvalue weighted by Gasteiger charge is 2.30. The van der Waals surface area contributed by atoms with E-state index in [2.05, 4.69) is 14.9 Å². The number of aromatic nitrogens is 2. The second-order valence-electron chi connectivity index (χ2n) is 5.71.